The van der Waals surface area contributed by atoms with Crippen molar-refractivity contribution >= 4 is 45.4 Å². The van der Waals surface area contributed by atoms with Gasteiger partial charge in [-0.25, -0.2) is 13.8 Å². The van der Waals surface area contributed by atoms with Crippen molar-refractivity contribution in [1.82, 2.24) is 10.3 Å². The molecule has 0 bridgehead atoms. The van der Waals surface area contributed by atoms with Gasteiger partial charge < -0.3 is 34.7 Å². The number of benzene rings is 2. The SMILES string of the molecule is CCNCCN(C)c1ccc(Nc2cc3cc(C(=O)Nc4c(F)c(OC)cc(OC)c4F)oc3cn2)c([N+](=O)[O-])c1. The van der Waals surface area contributed by atoms with Gasteiger partial charge in [-0.1, -0.05) is 6.92 Å². The summed E-state index contributed by atoms with van der Waals surface area (Å²) in [6.45, 7) is 4.22. The topological polar surface area (TPSA) is 144 Å². The van der Waals surface area contributed by atoms with Crippen molar-refractivity contribution in [3.05, 3.63) is 70.1 Å². The van der Waals surface area contributed by atoms with Crippen LogP contribution in [0.3, 0.4) is 0 Å². The molecule has 2 heterocycles. The van der Waals surface area contributed by atoms with Gasteiger partial charge in [0, 0.05) is 43.3 Å². The molecular weight excluding hydrogens is 542 g/mol. The number of rotatable bonds is 12. The summed E-state index contributed by atoms with van der Waals surface area (Å²) in [4.78, 5) is 30.2. The second-order valence-electron chi connectivity index (χ2n) is 8.81. The summed E-state index contributed by atoms with van der Waals surface area (Å²) < 4.78 is 44.6. The third-order valence-electron chi connectivity index (χ3n) is 6.20. The van der Waals surface area contributed by atoms with E-state index in [2.05, 4.69) is 20.9 Å². The number of halogens is 2. The van der Waals surface area contributed by atoms with E-state index in [1.165, 1.54) is 38.6 Å². The molecule has 14 heteroatoms. The summed E-state index contributed by atoms with van der Waals surface area (Å²) >= 11 is 0. The summed E-state index contributed by atoms with van der Waals surface area (Å²) in [5.41, 5.74) is 0.178. The molecule has 41 heavy (non-hydrogen) atoms. The van der Waals surface area contributed by atoms with Gasteiger partial charge in [-0.05, 0) is 30.8 Å². The Morgan fingerprint density at radius 1 is 1.12 bits per heavy atom. The zero-order valence-electron chi connectivity index (χ0n) is 22.7. The number of ether oxygens (including phenoxy) is 2. The van der Waals surface area contributed by atoms with Gasteiger partial charge in [0.25, 0.3) is 11.6 Å². The van der Waals surface area contributed by atoms with Crippen LogP contribution in [0.4, 0.5) is 37.3 Å². The van der Waals surface area contributed by atoms with Crippen molar-refractivity contribution < 1.29 is 32.4 Å². The van der Waals surface area contributed by atoms with E-state index in [0.29, 0.717) is 17.6 Å². The van der Waals surface area contributed by atoms with Gasteiger partial charge in [0.05, 0.1) is 25.3 Å². The maximum Gasteiger partial charge on any atom is 0.294 e. The van der Waals surface area contributed by atoms with E-state index in [1.54, 1.807) is 12.1 Å². The van der Waals surface area contributed by atoms with E-state index in [4.69, 9.17) is 13.9 Å². The molecule has 0 atom stereocenters. The van der Waals surface area contributed by atoms with Gasteiger partial charge in [-0.3, -0.25) is 14.9 Å². The Bertz CT molecular complexity index is 1570. The first-order chi connectivity index (χ1) is 19.7. The quantitative estimate of drug-likeness (QED) is 0.120. The smallest absolute Gasteiger partial charge is 0.294 e. The van der Waals surface area contributed by atoms with E-state index in [9.17, 15) is 23.7 Å². The highest BCUT2D eigenvalue weighted by Crippen LogP contribution is 2.36. The molecule has 2 aromatic heterocycles. The third kappa shape index (κ3) is 6.27. The molecule has 216 valence electrons. The van der Waals surface area contributed by atoms with Gasteiger partial charge in [0.1, 0.15) is 17.2 Å². The molecule has 0 fully saturated rings. The molecule has 2 aromatic carbocycles. The number of furan rings is 1. The minimum Gasteiger partial charge on any atom is -0.493 e. The van der Waals surface area contributed by atoms with Gasteiger partial charge in [-0.15, -0.1) is 0 Å². The van der Waals surface area contributed by atoms with Crippen LogP contribution in [0, 0.1) is 21.7 Å². The molecule has 0 unspecified atom stereocenters. The number of hydrogen-bond acceptors (Lipinski definition) is 10. The lowest BCUT2D eigenvalue weighted by Gasteiger charge is -2.20. The number of anilines is 4. The first-order valence-corrected chi connectivity index (χ1v) is 12.4. The van der Waals surface area contributed by atoms with Crippen LogP contribution in [0.2, 0.25) is 0 Å². The summed E-state index contributed by atoms with van der Waals surface area (Å²) in [7, 11) is 4.22. The van der Waals surface area contributed by atoms with Crippen molar-refractivity contribution in [3.8, 4) is 11.5 Å². The van der Waals surface area contributed by atoms with Gasteiger partial charge >= 0.3 is 0 Å². The number of nitro groups is 1. The number of amides is 1. The van der Waals surface area contributed by atoms with Crippen LogP contribution in [-0.4, -0.2) is 56.7 Å². The van der Waals surface area contributed by atoms with Gasteiger partial charge in [0.2, 0.25) is 0 Å². The van der Waals surface area contributed by atoms with Crippen LogP contribution in [-0.2, 0) is 0 Å². The van der Waals surface area contributed by atoms with Crippen LogP contribution in [0.1, 0.15) is 17.5 Å². The fraction of sp³-hybridized carbons (Fsp3) is 0.259. The monoisotopic (exact) mass is 570 g/mol. The van der Waals surface area contributed by atoms with E-state index >= 15 is 0 Å². The number of carbonyl (C=O) groups is 1. The van der Waals surface area contributed by atoms with Gasteiger partial charge in [0.15, 0.2) is 34.5 Å². The van der Waals surface area contributed by atoms with Crippen molar-refractivity contribution in [2.45, 2.75) is 6.92 Å². The standard InChI is InChI=1S/C27H28F2N6O6/c1-5-30-8-9-34(2)16-6-7-17(18(12-16)35(37)38)32-23-11-15-10-21(41-22(15)14-31-23)27(36)33-26-24(28)19(39-3)13-20(40-4)25(26)29/h6-7,10-14,30H,5,8-9H2,1-4H3,(H,31,32)(H,33,36). The number of nitrogens with one attached hydrogen (secondary N) is 3. The minimum atomic E-state index is -1.13. The first kappa shape index (κ1) is 29.0. The van der Waals surface area contributed by atoms with Crippen molar-refractivity contribution in [2.75, 3.05) is 56.4 Å². The number of carbonyl (C=O) groups excluding carboxylic acids is 1. The molecule has 0 radical (unpaired) electrons. The predicted molar refractivity (Wildman–Crippen MR) is 150 cm³/mol. The maximum absolute atomic E-state index is 14.7. The summed E-state index contributed by atoms with van der Waals surface area (Å²) in [5, 5.41) is 20.5. The van der Waals surface area contributed by atoms with Crippen LogP contribution >= 0.6 is 0 Å². The predicted octanol–water partition coefficient (Wildman–Crippen LogP) is 5.07. The number of aromatic nitrogens is 1. The number of nitro benzene ring substituents is 1. The zero-order valence-corrected chi connectivity index (χ0v) is 22.7. The van der Waals surface area contributed by atoms with Gasteiger partial charge in [-0.2, -0.15) is 0 Å². The number of pyridine rings is 1. The molecule has 3 N–H and O–H groups in total. The summed E-state index contributed by atoms with van der Waals surface area (Å²) in [6, 6.07) is 8.70. The Balaban J connectivity index is 1.56. The molecule has 1 amide bonds. The Labute approximate surface area is 233 Å². The largest absolute Gasteiger partial charge is 0.493 e. The Morgan fingerprint density at radius 3 is 2.46 bits per heavy atom. The number of fused-ring (bicyclic) bond motifs is 1. The number of hydrogen-bond donors (Lipinski definition) is 3. The highest BCUT2D eigenvalue weighted by molar-refractivity contribution is 6.05. The van der Waals surface area contributed by atoms with E-state index in [1.807, 2.05) is 18.9 Å². The molecule has 0 aliphatic heterocycles. The summed E-state index contributed by atoms with van der Waals surface area (Å²) in [6.07, 6.45) is 1.32. The van der Waals surface area contributed by atoms with Crippen LogP contribution < -0.4 is 30.3 Å². The van der Waals surface area contributed by atoms with Crippen molar-refractivity contribution in [2.24, 2.45) is 0 Å². The fourth-order valence-corrected chi connectivity index (χ4v) is 4.00. The van der Waals surface area contributed by atoms with E-state index in [-0.39, 0.29) is 40.0 Å². The average Bonchev–Trinajstić information content (AvgIpc) is 3.39. The molecule has 0 aliphatic rings. The molecular formula is C27H28F2N6O6. The Morgan fingerprint density at radius 2 is 1.83 bits per heavy atom. The van der Waals surface area contributed by atoms with Crippen LogP contribution in [0.25, 0.3) is 11.0 Å². The lowest BCUT2D eigenvalue weighted by molar-refractivity contribution is -0.383. The first-order valence-electron chi connectivity index (χ1n) is 12.4. The van der Waals surface area contributed by atoms with Crippen LogP contribution in [0.15, 0.2) is 47.0 Å². The fourth-order valence-electron chi connectivity index (χ4n) is 4.00. The molecule has 0 aliphatic carbocycles. The minimum absolute atomic E-state index is 0.148. The lowest BCUT2D eigenvalue weighted by atomic mass is 10.2. The molecule has 4 aromatic rings. The highest BCUT2D eigenvalue weighted by atomic mass is 19.1. The van der Waals surface area contributed by atoms with Crippen LogP contribution in [0.5, 0.6) is 11.5 Å². The maximum atomic E-state index is 14.7. The second-order valence-corrected chi connectivity index (χ2v) is 8.81. The number of nitrogens with zero attached hydrogens (tertiary/aromatic N) is 3. The zero-order chi connectivity index (χ0) is 29.7. The summed E-state index contributed by atoms with van der Waals surface area (Å²) in [5.74, 6) is -3.85. The Kier molecular flexibility index (Phi) is 8.82. The second kappa shape index (κ2) is 12.5. The van der Waals surface area contributed by atoms with Crippen molar-refractivity contribution in [3.63, 3.8) is 0 Å². The van der Waals surface area contributed by atoms with Crippen molar-refractivity contribution in [1.29, 1.82) is 0 Å². The molecule has 4 rings (SSSR count). The molecule has 12 nitrogen and oxygen atoms in total. The molecule has 0 saturated heterocycles. The van der Waals surface area contributed by atoms with E-state index < -0.39 is 28.2 Å². The normalized spacial score (nSPS) is 10.9. The average molecular weight is 571 g/mol. The number of likely N-dealkylation sites (N-methyl/N-ethyl adjacent to an activating group) is 2. The molecule has 0 spiro atoms. The Hall–Kier alpha value is -4.98. The highest BCUT2D eigenvalue weighted by Gasteiger charge is 2.24. The van der Waals surface area contributed by atoms with E-state index in [0.717, 1.165) is 19.2 Å². The molecule has 0 saturated carbocycles. The third-order valence-corrected chi connectivity index (χ3v) is 6.20. The lowest BCUT2D eigenvalue weighted by Crippen LogP contribution is -2.28. The number of methoxy groups -OCH3 is 2.